The zero-order valence-corrected chi connectivity index (χ0v) is 13.8. The smallest absolute Gasteiger partial charge is 0.375 e. The molecule has 2 N–H and O–H groups in total. The van der Waals surface area contributed by atoms with Crippen LogP contribution < -0.4 is 10.6 Å². The van der Waals surface area contributed by atoms with E-state index < -0.39 is 17.6 Å². The highest BCUT2D eigenvalue weighted by molar-refractivity contribution is 6.33. The summed E-state index contributed by atoms with van der Waals surface area (Å²) in [6.45, 7) is 3.65. The van der Waals surface area contributed by atoms with Crippen molar-refractivity contribution in [1.29, 1.82) is 0 Å². The van der Waals surface area contributed by atoms with E-state index in [4.69, 9.17) is 11.6 Å². The van der Waals surface area contributed by atoms with E-state index in [0.29, 0.717) is 10.7 Å². The maximum absolute atomic E-state index is 12.7. The molecule has 2 rings (SSSR count). The maximum atomic E-state index is 12.7. The molecule has 0 aliphatic carbocycles. The first-order valence-electron chi connectivity index (χ1n) is 7.14. The third-order valence-electron chi connectivity index (χ3n) is 3.33. The van der Waals surface area contributed by atoms with Crippen LogP contribution in [-0.4, -0.2) is 12.5 Å². The Morgan fingerprint density at radius 1 is 1.17 bits per heavy atom. The summed E-state index contributed by atoms with van der Waals surface area (Å²) in [6.07, 6.45) is -4.45. The van der Waals surface area contributed by atoms with E-state index in [1.807, 2.05) is 19.9 Å². The minimum atomic E-state index is -4.45. The standard InChI is InChI=1S/C17H16ClF3N2O/c1-10-6-11(2)16(14(18)7-10)22-9-15(24)23-13-5-3-4-12(8-13)17(19,20)21/h3-8,22H,9H2,1-2H3,(H,23,24). The minimum absolute atomic E-state index is 0.0864. The van der Waals surface area contributed by atoms with Gasteiger partial charge in [0.15, 0.2) is 0 Å². The molecule has 0 unspecified atom stereocenters. The van der Waals surface area contributed by atoms with Gasteiger partial charge in [-0.1, -0.05) is 23.7 Å². The molecule has 24 heavy (non-hydrogen) atoms. The lowest BCUT2D eigenvalue weighted by atomic mass is 10.1. The van der Waals surface area contributed by atoms with Crippen LogP contribution in [0.3, 0.4) is 0 Å². The van der Waals surface area contributed by atoms with Gasteiger partial charge in [0.2, 0.25) is 5.91 Å². The molecule has 1 amide bonds. The number of halogens is 4. The summed E-state index contributed by atoms with van der Waals surface area (Å²) < 4.78 is 38.0. The van der Waals surface area contributed by atoms with Gasteiger partial charge in [0, 0.05) is 5.69 Å². The Balaban J connectivity index is 2.02. The number of hydrogen-bond donors (Lipinski definition) is 2. The molecular weight excluding hydrogens is 341 g/mol. The van der Waals surface area contributed by atoms with Crippen molar-refractivity contribution >= 4 is 28.9 Å². The van der Waals surface area contributed by atoms with Gasteiger partial charge in [-0.15, -0.1) is 0 Å². The van der Waals surface area contributed by atoms with Crippen LogP contribution in [0, 0.1) is 13.8 Å². The Hall–Kier alpha value is -2.21. The summed E-state index contributed by atoms with van der Waals surface area (Å²) in [5.41, 5.74) is 1.78. The highest BCUT2D eigenvalue weighted by Gasteiger charge is 2.30. The average Bonchev–Trinajstić information content (AvgIpc) is 2.45. The Morgan fingerprint density at radius 2 is 1.88 bits per heavy atom. The van der Waals surface area contributed by atoms with Crippen LogP contribution in [0.15, 0.2) is 36.4 Å². The Bertz CT molecular complexity index is 737. The van der Waals surface area contributed by atoms with E-state index in [1.165, 1.54) is 12.1 Å². The summed E-state index contributed by atoms with van der Waals surface area (Å²) in [5.74, 6) is -0.467. The molecule has 0 aliphatic rings. The Labute approximate surface area is 142 Å². The summed E-state index contributed by atoms with van der Waals surface area (Å²) in [6, 6.07) is 8.16. The second-order valence-corrected chi connectivity index (χ2v) is 5.83. The summed E-state index contributed by atoms with van der Waals surface area (Å²) in [4.78, 5) is 11.9. The van der Waals surface area contributed by atoms with Gasteiger partial charge >= 0.3 is 6.18 Å². The van der Waals surface area contributed by atoms with Crippen molar-refractivity contribution in [3.63, 3.8) is 0 Å². The molecule has 0 bridgehead atoms. The van der Waals surface area contributed by atoms with Gasteiger partial charge in [-0.25, -0.2) is 0 Å². The van der Waals surface area contributed by atoms with Crippen LogP contribution in [0.25, 0.3) is 0 Å². The highest BCUT2D eigenvalue weighted by atomic mass is 35.5. The zero-order valence-electron chi connectivity index (χ0n) is 13.1. The van der Waals surface area contributed by atoms with Gasteiger partial charge in [0.25, 0.3) is 0 Å². The van der Waals surface area contributed by atoms with E-state index in [2.05, 4.69) is 10.6 Å². The van der Waals surface area contributed by atoms with Gasteiger partial charge < -0.3 is 10.6 Å². The number of carbonyl (C=O) groups excluding carboxylic acids is 1. The molecule has 2 aromatic carbocycles. The van der Waals surface area contributed by atoms with Crippen LogP contribution in [0.2, 0.25) is 5.02 Å². The fourth-order valence-corrected chi connectivity index (χ4v) is 2.67. The van der Waals surface area contributed by atoms with Crippen LogP contribution >= 0.6 is 11.6 Å². The number of hydrogen-bond acceptors (Lipinski definition) is 2. The van der Waals surface area contributed by atoms with Crippen molar-refractivity contribution in [1.82, 2.24) is 0 Å². The quantitative estimate of drug-likeness (QED) is 0.807. The van der Waals surface area contributed by atoms with E-state index in [9.17, 15) is 18.0 Å². The van der Waals surface area contributed by atoms with Crippen molar-refractivity contribution in [2.24, 2.45) is 0 Å². The van der Waals surface area contributed by atoms with Crippen molar-refractivity contribution in [3.05, 3.63) is 58.1 Å². The second kappa shape index (κ2) is 7.13. The molecular formula is C17H16ClF3N2O. The molecule has 0 atom stereocenters. The minimum Gasteiger partial charge on any atom is -0.375 e. The molecule has 0 fully saturated rings. The van der Waals surface area contributed by atoms with Crippen molar-refractivity contribution in [2.45, 2.75) is 20.0 Å². The van der Waals surface area contributed by atoms with E-state index in [1.54, 1.807) is 6.07 Å². The molecule has 7 heteroatoms. The van der Waals surface area contributed by atoms with Crippen LogP contribution in [0.4, 0.5) is 24.5 Å². The number of rotatable bonds is 4. The SMILES string of the molecule is Cc1cc(C)c(NCC(=O)Nc2cccc(C(F)(F)F)c2)c(Cl)c1. The average molecular weight is 357 g/mol. The lowest BCUT2D eigenvalue weighted by Gasteiger charge is -2.13. The molecule has 0 aromatic heterocycles. The number of anilines is 2. The molecule has 128 valence electrons. The lowest BCUT2D eigenvalue weighted by molar-refractivity contribution is -0.137. The van der Waals surface area contributed by atoms with Gasteiger partial charge in [0.05, 0.1) is 22.8 Å². The normalized spacial score (nSPS) is 11.2. The number of benzene rings is 2. The highest BCUT2D eigenvalue weighted by Crippen LogP contribution is 2.30. The van der Waals surface area contributed by atoms with E-state index in [0.717, 1.165) is 23.3 Å². The molecule has 2 aromatic rings. The van der Waals surface area contributed by atoms with Gasteiger partial charge in [0.1, 0.15) is 0 Å². The lowest BCUT2D eigenvalue weighted by Crippen LogP contribution is -2.22. The largest absolute Gasteiger partial charge is 0.416 e. The predicted octanol–water partition coefficient (Wildman–Crippen LogP) is 5.03. The van der Waals surface area contributed by atoms with E-state index in [-0.39, 0.29) is 12.2 Å². The number of nitrogens with one attached hydrogen (secondary N) is 2. The Morgan fingerprint density at radius 3 is 2.50 bits per heavy atom. The fraction of sp³-hybridized carbons (Fsp3) is 0.235. The van der Waals surface area contributed by atoms with Gasteiger partial charge in [-0.3, -0.25) is 4.79 Å². The maximum Gasteiger partial charge on any atom is 0.416 e. The van der Waals surface area contributed by atoms with Gasteiger partial charge in [-0.2, -0.15) is 13.2 Å². The fourth-order valence-electron chi connectivity index (χ4n) is 2.29. The first kappa shape index (κ1) is 18.1. The van der Waals surface area contributed by atoms with Crippen LogP contribution in [0.1, 0.15) is 16.7 Å². The molecule has 0 radical (unpaired) electrons. The zero-order chi connectivity index (χ0) is 17.9. The van der Waals surface area contributed by atoms with Crippen LogP contribution in [-0.2, 0) is 11.0 Å². The molecule has 0 spiro atoms. The second-order valence-electron chi connectivity index (χ2n) is 5.42. The molecule has 0 heterocycles. The third kappa shape index (κ3) is 4.64. The number of carbonyl (C=O) groups is 1. The number of alkyl halides is 3. The van der Waals surface area contributed by atoms with Crippen molar-refractivity contribution in [2.75, 3.05) is 17.2 Å². The Kier molecular flexibility index (Phi) is 5.39. The van der Waals surface area contributed by atoms with Crippen molar-refractivity contribution < 1.29 is 18.0 Å². The first-order chi connectivity index (χ1) is 11.2. The summed E-state index contributed by atoms with van der Waals surface area (Å²) >= 11 is 6.13. The monoisotopic (exact) mass is 356 g/mol. The molecule has 0 saturated heterocycles. The number of aryl methyl sites for hydroxylation is 2. The molecule has 0 saturated carbocycles. The first-order valence-corrected chi connectivity index (χ1v) is 7.52. The summed E-state index contributed by atoms with van der Waals surface area (Å²) in [7, 11) is 0. The molecule has 3 nitrogen and oxygen atoms in total. The van der Waals surface area contributed by atoms with Gasteiger partial charge in [-0.05, 0) is 49.2 Å². The van der Waals surface area contributed by atoms with Crippen molar-refractivity contribution in [3.8, 4) is 0 Å². The summed E-state index contributed by atoms with van der Waals surface area (Å²) in [5, 5.41) is 5.82. The van der Waals surface area contributed by atoms with Crippen LogP contribution in [0.5, 0.6) is 0 Å². The molecule has 0 aliphatic heterocycles. The third-order valence-corrected chi connectivity index (χ3v) is 3.63. The van der Waals surface area contributed by atoms with E-state index >= 15 is 0 Å². The topological polar surface area (TPSA) is 41.1 Å². The number of amides is 1. The predicted molar refractivity (Wildman–Crippen MR) is 89.5 cm³/mol.